The maximum Gasteiger partial charge on any atom is 0.152 e. The van der Waals surface area contributed by atoms with Gasteiger partial charge in [0.2, 0.25) is 0 Å². The molecule has 0 spiro atoms. The largest absolute Gasteiger partial charge is 0.371 e. The van der Waals surface area contributed by atoms with Gasteiger partial charge in [-0.3, -0.25) is 4.79 Å². The van der Waals surface area contributed by atoms with Crippen molar-refractivity contribution in [1.29, 1.82) is 0 Å². The van der Waals surface area contributed by atoms with Crippen LogP contribution >= 0.6 is 15.9 Å². The predicted molar refractivity (Wildman–Crippen MR) is 75.0 cm³/mol. The minimum absolute atomic E-state index is 0.0176. The summed E-state index contributed by atoms with van der Waals surface area (Å²) in [6.45, 7) is 0. The van der Waals surface area contributed by atoms with E-state index in [4.69, 9.17) is 0 Å². The molecule has 4 nitrogen and oxygen atoms in total. The smallest absolute Gasteiger partial charge is 0.152 e. The monoisotopic (exact) mass is 331 g/mol. The lowest BCUT2D eigenvalue weighted by Gasteiger charge is -2.26. The number of carbonyl (C=O) groups excluding carboxylic acids is 1. The number of carbonyl (C=O) groups is 1. The quantitative estimate of drug-likeness (QED) is 0.793. The average molecular weight is 332 g/mol. The Kier molecular flexibility index (Phi) is 3.77. The molecule has 1 aromatic rings. The Morgan fingerprint density at radius 3 is 2.67 bits per heavy atom. The molecule has 0 aliphatic carbocycles. The van der Waals surface area contributed by atoms with Gasteiger partial charge >= 0.3 is 0 Å². The number of benzene rings is 1. The number of nitrogens with zero attached hydrogens (tertiary/aromatic N) is 1. The van der Waals surface area contributed by atoms with E-state index in [1.54, 1.807) is 6.07 Å². The summed E-state index contributed by atoms with van der Waals surface area (Å²) in [6.07, 6.45) is 1.44. The van der Waals surface area contributed by atoms with Crippen LogP contribution in [0.1, 0.15) is 16.8 Å². The molecule has 1 aromatic carbocycles. The fourth-order valence-corrected chi connectivity index (χ4v) is 4.36. The van der Waals surface area contributed by atoms with E-state index in [9.17, 15) is 13.2 Å². The predicted octanol–water partition coefficient (Wildman–Crippen LogP) is 1.88. The van der Waals surface area contributed by atoms with Gasteiger partial charge in [0.15, 0.2) is 16.1 Å². The van der Waals surface area contributed by atoms with Gasteiger partial charge < -0.3 is 4.90 Å². The lowest BCUT2D eigenvalue weighted by atomic mass is 10.1. The standard InChI is InChI=1S/C12H14BrNO3S/c1-14(11-4-5-18(16,17)8-11)10-3-2-9(7-15)12(13)6-10/h2-3,6-7,11H,4-5,8H2,1H3. The topological polar surface area (TPSA) is 54.5 Å². The van der Waals surface area contributed by atoms with E-state index in [0.717, 1.165) is 16.4 Å². The molecule has 1 fully saturated rings. The molecule has 0 saturated carbocycles. The summed E-state index contributed by atoms with van der Waals surface area (Å²) >= 11 is 3.33. The molecule has 1 aliphatic rings. The molecule has 98 valence electrons. The number of halogens is 1. The van der Waals surface area contributed by atoms with E-state index < -0.39 is 9.84 Å². The molecule has 1 aliphatic heterocycles. The van der Waals surface area contributed by atoms with Crippen LogP contribution in [0, 0.1) is 0 Å². The van der Waals surface area contributed by atoms with Gasteiger partial charge in [0.05, 0.1) is 11.5 Å². The third kappa shape index (κ3) is 2.75. The zero-order chi connectivity index (χ0) is 13.3. The fraction of sp³-hybridized carbons (Fsp3) is 0.417. The maximum atomic E-state index is 11.5. The SMILES string of the molecule is CN(c1ccc(C=O)c(Br)c1)C1CCS(=O)(=O)C1. The van der Waals surface area contributed by atoms with E-state index in [-0.39, 0.29) is 17.5 Å². The molecule has 0 bridgehead atoms. The van der Waals surface area contributed by atoms with E-state index in [1.165, 1.54) is 0 Å². The minimum atomic E-state index is -2.88. The summed E-state index contributed by atoms with van der Waals surface area (Å²) in [7, 11) is -0.998. The summed E-state index contributed by atoms with van der Waals surface area (Å²) in [5, 5.41) is 0. The van der Waals surface area contributed by atoms with Crippen LogP contribution in [0.2, 0.25) is 0 Å². The third-order valence-corrected chi connectivity index (χ3v) is 5.71. The van der Waals surface area contributed by atoms with Gasteiger partial charge in [0.1, 0.15) is 0 Å². The first-order valence-corrected chi connectivity index (χ1v) is 8.22. The second kappa shape index (κ2) is 5.01. The summed E-state index contributed by atoms with van der Waals surface area (Å²) in [5.41, 5.74) is 1.50. The molecule has 0 aromatic heterocycles. The zero-order valence-corrected chi connectivity index (χ0v) is 12.4. The second-order valence-corrected chi connectivity index (χ2v) is 7.57. The number of hydrogen-bond acceptors (Lipinski definition) is 4. The Hall–Kier alpha value is -0.880. The van der Waals surface area contributed by atoms with Crippen LogP contribution in [0.5, 0.6) is 0 Å². The summed E-state index contributed by atoms with van der Waals surface area (Å²) < 4.78 is 23.6. The first-order valence-electron chi connectivity index (χ1n) is 5.61. The zero-order valence-electron chi connectivity index (χ0n) is 9.97. The summed E-state index contributed by atoms with van der Waals surface area (Å²) in [4.78, 5) is 12.7. The highest BCUT2D eigenvalue weighted by Gasteiger charge is 2.30. The molecule has 0 radical (unpaired) electrons. The Morgan fingerprint density at radius 1 is 1.44 bits per heavy atom. The number of aldehydes is 1. The molecule has 1 atom stereocenters. The first-order chi connectivity index (χ1) is 8.43. The summed E-state index contributed by atoms with van der Waals surface area (Å²) in [5.74, 6) is 0.464. The van der Waals surface area contributed by atoms with E-state index in [0.29, 0.717) is 12.0 Å². The summed E-state index contributed by atoms with van der Waals surface area (Å²) in [6, 6.07) is 5.42. The molecular weight excluding hydrogens is 318 g/mol. The molecule has 1 heterocycles. The first kappa shape index (κ1) is 13.5. The van der Waals surface area contributed by atoms with Crippen LogP contribution in [0.4, 0.5) is 5.69 Å². The molecule has 1 saturated heterocycles. The van der Waals surface area contributed by atoms with Crippen LogP contribution in [-0.2, 0) is 9.84 Å². The van der Waals surface area contributed by atoms with Gasteiger partial charge in [-0.1, -0.05) is 0 Å². The minimum Gasteiger partial charge on any atom is -0.371 e. The van der Waals surface area contributed by atoms with Crippen molar-refractivity contribution in [2.75, 3.05) is 23.5 Å². The van der Waals surface area contributed by atoms with Crippen molar-refractivity contribution in [3.05, 3.63) is 28.2 Å². The van der Waals surface area contributed by atoms with Gasteiger partial charge in [-0.15, -0.1) is 0 Å². The average Bonchev–Trinajstić information content (AvgIpc) is 2.68. The van der Waals surface area contributed by atoms with Gasteiger partial charge in [0.25, 0.3) is 0 Å². The number of anilines is 1. The highest BCUT2D eigenvalue weighted by atomic mass is 79.9. The van der Waals surface area contributed by atoms with Crippen molar-refractivity contribution < 1.29 is 13.2 Å². The van der Waals surface area contributed by atoms with Crippen molar-refractivity contribution in [3.63, 3.8) is 0 Å². The van der Waals surface area contributed by atoms with Crippen LogP contribution in [0.25, 0.3) is 0 Å². The Morgan fingerprint density at radius 2 is 2.17 bits per heavy atom. The Labute approximate surface area is 115 Å². The number of hydrogen-bond donors (Lipinski definition) is 0. The molecule has 6 heteroatoms. The normalized spacial score (nSPS) is 21.8. The van der Waals surface area contributed by atoms with Crippen molar-refractivity contribution in [2.45, 2.75) is 12.5 Å². The maximum absolute atomic E-state index is 11.5. The number of rotatable bonds is 3. The lowest BCUT2D eigenvalue weighted by molar-refractivity contribution is 0.112. The molecule has 0 amide bonds. The third-order valence-electron chi connectivity index (χ3n) is 3.27. The van der Waals surface area contributed by atoms with Gasteiger partial charge in [-0.25, -0.2) is 8.42 Å². The fourth-order valence-electron chi connectivity index (χ4n) is 2.12. The molecule has 2 rings (SSSR count). The number of sulfone groups is 1. The van der Waals surface area contributed by atoms with Crippen LogP contribution in [0.3, 0.4) is 0 Å². The lowest BCUT2D eigenvalue weighted by Crippen LogP contribution is -2.32. The highest BCUT2D eigenvalue weighted by Crippen LogP contribution is 2.26. The molecular formula is C12H14BrNO3S. The van der Waals surface area contributed by atoms with Crippen molar-refractivity contribution in [1.82, 2.24) is 0 Å². The van der Waals surface area contributed by atoms with Gasteiger partial charge in [0, 0.05) is 28.8 Å². The van der Waals surface area contributed by atoms with Crippen LogP contribution in [-0.4, -0.2) is 39.3 Å². The van der Waals surface area contributed by atoms with Crippen molar-refractivity contribution >= 4 is 37.7 Å². The van der Waals surface area contributed by atoms with E-state index in [2.05, 4.69) is 15.9 Å². The van der Waals surface area contributed by atoms with E-state index >= 15 is 0 Å². The Bertz CT molecular complexity index is 571. The van der Waals surface area contributed by atoms with Gasteiger partial charge in [-0.2, -0.15) is 0 Å². The molecule has 18 heavy (non-hydrogen) atoms. The van der Waals surface area contributed by atoms with Gasteiger partial charge in [-0.05, 0) is 40.5 Å². The van der Waals surface area contributed by atoms with E-state index in [1.807, 2.05) is 24.1 Å². The van der Waals surface area contributed by atoms with Crippen molar-refractivity contribution in [2.24, 2.45) is 0 Å². The van der Waals surface area contributed by atoms with Crippen molar-refractivity contribution in [3.8, 4) is 0 Å². The molecule has 0 N–H and O–H groups in total. The Balaban J connectivity index is 2.22. The van der Waals surface area contributed by atoms with Crippen LogP contribution in [0.15, 0.2) is 22.7 Å². The molecule has 1 unspecified atom stereocenters. The second-order valence-electron chi connectivity index (χ2n) is 4.49. The highest BCUT2D eigenvalue weighted by molar-refractivity contribution is 9.10. The van der Waals surface area contributed by atoms with Crippen LogP contribution < -0.4 is 4.90 Å².